The SMILES string of the molecule is CCCCOC(=O)Oc1ccc(C[C@](N)(C[C@H](C)OC(=O)OC(C)C)C(=O)O)cc1OC(=O)OCCCC. The highest BCUT2D eigenvalue weighted by Crippen LogP contribution is 2.31. The third-order valence-corrected chi connectivity index (χ3v) is 5.06. The molecule has 0 heterocycles. The summed E-state index contributed by atoms with van der Waals surface area (Å²) >= 11 is 0. The van der Waals surface area contributed by atoms with E-state index in [0.29, 0.717) is 18.4 Å². The molecule has 1 aromatic rings. The van der Waals surface area contributed by atoms with Crippen LogP contribution in [0.15, 0.2) is 18.2 Å². The van der Waals surface area contributed by atoms with Crippen molar-refractivity contribution in [2.45, 2.75) is 90.9 Å². The summed E-state index contributed by atoms with van der Waals surface area (Å²) in [5.41, 5.74) is 4.68. The Morgan fingerprint density at radius 1 is 0.868 bits per heavy atom. The Morgan fingerprint density at radius 2 is 1.42 bits per heavy atom. The van der Waals surface area contributed by atoms with Crippen molar-refractivity contribution in [3.8, 4) is 11.5 Å². The molecule has 0 fully saturated rings. The molecule has 3 N–H and O–H groups in total. The van der Waals surface area contributed by atoms with E-state index in [1.54, 1.807) is 13.8 Å². The van der Waals surface area contributed by atoms with Gasteiger partial charge in [0.1, 0.15) is 11.6 Å². The van der Waals surface area contributed by atoms with Crippen molar-refractivity contribution in [1.82, 2.24) is 0 Å². The molecule has 0 radical (unpaired) electrons. The topological polar surface area (TPSA) is 170 Å². The Hall–Kier alpha value is -3.54. The third-order valence-electron chi connectivity index (χ3n) is 5.06. The summed E-state index contributed by atoms with van der Waals surface area (Å²) in [5, 5.41) is 9.85. The highest BCUT2D eigenvalue weighted by Gasteiger charge is 2.37. The first-order chi connectivity index (χ1) is 17.9. The van der Waals surface area contributed by atoms with Gasteiger partial charge in [-0.15, -0.1) is 0 Å². The molecule has 12 nitrogen and oxygen atoms in total. The van der Waals surface area contributed by atoms with Crippen molar-refractivity contribution in [3.05, 3.63) is 23.8 Å². The fourth-order valence-corrected chi connectivity index (χ4v) is 3.20. The average Bonchev–Trinajstić information content (AvgIpc) is 2.80. The Balaban J connectivity index is 3.11. The molecule has 0 saturated carbocycles. The monoisotopic (exact) mass is 541 g/mol. The molecule has 1 aromatic carbocycles. The minimum Gasteiger partial charge on any atom is -0.480 e. The molecule has 0 aliphatic carbocycles. The number of rotatable bonds is 15. The van der Waals surface area contributed by atoms with Gasteiger partial charge in [0.25, 0.3) is 0 Å². The zero-order valence-corrected chi connectivity index (χ0v) is 22.7. The van der Waals surface area contributed by atoms with Gasteiger partial charge in [0.05, 0.1) is 19.3 Å². The molecule has 38 heavy (non-hydrogen) atoms. The molecule has 0 aliphatic heterocycles. The predicted molar refractivity (Wildman–Crippen MR) is 135 cm³/mol. The summed E-state index contributed by atoms with van der Waals surface area (Å²) < 4.78 is 30.4. The lowest BCUT2D eigenvalue weighted by Crippen LogP contribution is -2.52. The van der Waals surface area contributed by atoms with Gasteiger partial charge in [-0.2, -0.15) is 0 Å². The Bertz CT molecular complexity index is 934. The maximum atomic E-state index is 12.2. The quantitative estimate of drug-likeness (QED) is 0.132. The molecular formula is C26H39NO11. The number of benzene rings is 1. The summed E-state index contributed by atoms with van der Waals surface area (Å²) in [6, 6.07) is 4.11. The smallest absolute Gasteiger partial charge is 0.480 e. The number of ether oxygens (including phenoxy) is 6. The number of aliphatic carboxylic acids is 1. The van der Waals surface area contributed by atoms with E-state index in [1.807, 2.05) is 13.8 Å². The van der Waals surface area contributed by atoms with Crippen molar-refractivity contribution in [2.24, 2.45) is 5.73 Å². The molecule has 214 valence electrons. The molecule has 0 aromatic heterocycles. The van der Waals surface area contributed by atoms with E-state index in [4.69, 9.17) is 34.2 Å². The summed E-state index contributed by atoms with van der Waals surface area (Å²) in [6.45, 7) is 8.93. The van der Waals surface area contributed by atoms with Crippen LogP contribution in [-0.4, -0.2) is 60.5 Å². The van der Waals surface area contributed by atoms with E-state index >= 15 is 0 Å². The van der Waals surface area contributed by atoms with Gasteiger partial charge in [-0.25, -0.2) is 14.4 Å². The lowest BCUT2D eigenvalue weighted by Gasteiger charge is -2.28. The maximum Gasteiger partial charge on any atom is 0.513 e. The van der Waals surface area contributed by atoms with Crippen molar-refractivity contribution < 1.29 is 52.7 Å². The molecule has 0 amide bonds. The van der Waals surface area contributed by atoms with Crippen molar-refractivity contribution in [2.75, 3.05) is 13.2 Å². The van der Waals surface area contributed by atoms with Crippen molar-refractivity contribution in [3.63, 3.8) is 0 Å². The van der Waals surface area contributed by atoms with Gasteiger partial charge in [-0.3, -0.25) is 4.79 Å². The van der Waals surface area contributed by atoms with Gasteiger partial charge in [0.15, 0.2) is 11.5 Å². The summed E-state index contributed by atoms with van der Waals surface area (Å²) in [4.78, 5) is 48.1. The van der Waals surface area contributed by atoms with E-state index in [2.05, 4.69) is 0 Å². The van der Waals surface area contributed by atoms with Crippen LogP contribution < -0.4 is 15.2 Å². The van der Waals surface area contributed by atoms with Crippen LogP contribution in [-0.2, 0) is 30.2 Å². The van der Waals surface area contributed by atoms with Crippen LogP contribution in [0.25, 0.3) is 0 Å². The van der Waals surface area contributed by atoms with E-state index in [9.17, 15) is 24.3 Å². The third kappa shape index (κ3) is 12.1. The normalized spacial score (nSPS) is 13.1. The molecular weight excluding hydrogens is 502 g/mol. The second kappa shape index (κ2) is 16.3. The van der Waals surface area contributed by atoms with Crippen LogP contribution in [0.5, 0.6) is 11.5 Å². The second-order valence-electron chi connectivity index (χ2n) is 9.08. The van der Waals surface area contributed by atoms with E-state index in [-0.39, 0.29) is 37.6 Å². The van der Waals surface area contributed by atoms with Gasteiger partial charge < -0.3 is 39.3 Å². The predicted octanol–water partition coefficient (Wildman–Crippen LogP) is 4.98. The van der Waals surface area contributed by atoms with Crippen LogP contribution in [0.2, 0.25) is 0 Å². The lowest BCUT2D eigenvalue weighted by molar-refractivity contribution is -0.144. The highest BCUT2D eigenvalue weighted by atomic mass is 16.7. The number of carbonyl (C=O) groups is 4. The molecule has 0 unspecified atom stereocenters. The van der Waals surface area contributed by atoms with E-state index in [1.165, 1.54) is 25.1 Å². The van der Waals surface area contributed by atoms with Gasteiger partial charge in [-0.1, -0.05) is 32.8 Å². The molecule has 0 saturated heterocycles. The number of carboxylic acid groups (broad SMARTS) is 1. The number of carboxylic acids is 1. The standard InChI is InChI=1S/C26H39NO11/c1-6-8-12-33-23(30)37-20-11-10-19(14-21(20)38-24(31)34-13-9-7-2)16-26(27,22(28)29)15-18(5)36-25(32)35-17(3)4/h10-11,14,17-18H,6-9,12-13,15-16,27H2,1-5H3,(H,28,29)/t18-,26+/m0/s1. The van der Waals surface area contributed by atoms with Gasteiger partial charge in [-0.05, 0) is 51.3 Å². The first-order valence-electron chi connectivity index (χ1n) is 12.6. The molecule has 0 spiro atoms. The molecule has 0 bridgehead atoms. The van der Waals surface area contributed by atoms with Crippen molar-refractivity contribution >= 4 is 24.4 Å². The fraction of sp³-hybridized carbons (Fsp3) is 0.615. The summed E-state index contributed by atoms with van der Waals surface area (Å²) in [7, 11) is 0. The number of hydrogen-bond donors (Lipinski definition) is 2. The summed E-state index contributed by atoms with van der Waals surface area (Å²) in [5.74, 6) is -1.66. The second-order valence-corrected chi connectivity index (χ2v) is 9.08. The average molecular weight is 542 g/mol. The molecule has 1 rings (SSSR count). The van der Waals surface area contributed by atoms with Crippen LogP contribution in [0.4, 0.5) is 14.4 Å². The van der Waals surface area contributed by atoms with Crippen LogP contribution >= 0.6 is 0 Å². The largest absolute Gasteiger partial charge is 0.513 e. The molecule has 2 atom stereocenters. The Kier molecular flexibility index (Phi) is 14.0. The first-order valence-corrected chi connectivity index (χ1v) is 12.6. The van der Waals surface area contributed by atoms with Crippen LogP contribution in [0.1, 0.15) is 72.3 Å². The van der Waals surface area contributed by atoms with E-state index in [0.717, 1.165) is 12.8 Å². The van der Waals surface area contributed by atoms with Gasteiger partial charge >= 0.3 is 24.4 Å². The Labute approximate surface area is 222 Å². The maximum absolute atomic E-state index is 12.2. The molecule has 12 heteroatoms. The minimum atomic E-state index is -1.86. The zero-order valence-electron chi connectivity index (χ0n) is 22.7. The minimum absolute atomic E-state index is 0.131. The number of hydrogen-bond acceptors (Lipinski definition) is 11. The number of carbonyl (C=O) groups excluding carboxylic acids is 3. The highest BCUT2D eigenvalue weighted by molar-refractivity contribution is 5.79. The first kappa shape index (κ1) is 32.5. The zero-order chi connectivity index (χ0) is 28.7. The molecule has 0 aliphatic rings. The number of nitrogens with two attached hydrogens (primary N) is 1. The van der Waals surface area contributed by atoms with Gasteiger partial charge in [0, 0.05) is 12.8 Å². The number of unbranched alkanes of at least 4 members (excludes halogenated alkanes) is 2. The lowest BCUT2D eigenvalue weighted by atomic mass is 9.86. The van der Waals surface area contributed by atoms with E-state index < -0.39 is 42.2 Å². The van der Waals surface area contributed by atoms with Crippen LogP contribution in [0, 0.1) is 0 Å². The van der Waals surface area contributed by atoms with Crippen LogP contribution in [0.3, 0.4) is 0 Å². The summed E-state index contributed by atoms with van der Waals surface area (Å²) in [6.07, 6.45) is -1.85. The van der Waals surface area contributed by atoms with Crippen molar-refractivity contribution in [1.29, 1.82) is 0 Å². The fourth-order valence-electron chi connectivity index (χ4n) is 3.20. The van der Waals surface area contributed by atoms with Gasteiger partial charge in [0.2, 0.25) is 0 Å². The Morgan fingerprint density at radius 3 is 1.92 bits per heavy atom.